The number of nitrogens with zero attached hydrogens (tertiary/aromatic N) is 2. The van der Waals surface area contributed by atoms with Crippen LogP contribution in [0, 0.1) is 11.6 Å². The van der Waals surface area contributed by atoms with E-state index < -0.39 is 22.9 Å². The molecule has 2 aromatic rings. The summed E-state index contributed by atoms with van der Waals surface area (Å²) in [5.41, 5.74) is 5.39. The Labute approximate surface area is 113 Å². The third kappa shape index (κ3) is 2.68. The minimum Gasteiger partial charge on any atom is -0.370 e. The van der Waals surface area contributed by atoms with Crippen LogP contribution < -0.4 is 5.73 Å². The van der Waals surface area contributed by atoms with Crippen LogP contribution in [-0.2, 0) is 11.3 Å². The fraction of sp³-hybridized carbons (Fsp3) is 0.333. The SMILES string of the molecule is CC(Cl)c1nc2c(F)cc(F)cc2n1CCC(N)=O. The van der Waals surface area contributed by atoms with Gasteiger partial charge in [0.05, 0.1) is 10.9 Å². The van der Waals surface area contributed by atoms with Gasteiger partial charge in [0.25, 0.3) is 0 Å². The van der Waals surface area contributed by atoms with Gasteiger partial charge in [0.2, 0.25) is 5.91 Å². The molecule has 1 unspecified atom stereocenters. The van der Waals surface area contributed by atoms with Crippen molar-refractivity contribution in [3.8, 4) is 0 Å². The average molecular weight is 288 g/mol. The van der Waals surface area contributed by atoms with Crippen LogP contribution in [0.15, 0.2) is 12.1 Å². The molecular formula is C12H12ClF2N3O. The zero-order chi connectivity index (χ0) is 14.2. The smallest absolute Gasteiger partial charge is 0.219 e. The van der Waals surface area contributed by atoms with Crippen LogP contribution in [0.1, 0.15) is 24.5 Å². The molecule has 0 spiro atoms. The lowest BCUT2D eigenvalue weighted by molar-refractivity contribution is -0.118. The fourth-order valence-corrected chi connectivity index (χ4v) is 2.09. The fourth-order valence-electron chi connectivity index (χ4n) is 1.93. The molecule has 0 bridgehead atoms. The number of benzene rings is 1. The van der Waals surface area contributed by atoms with E-state index in [-0.39, 0.29) is 24.0 Å². The predicted molar refractivity (Wildman–Crippen MR) is 67.7 cm³/mol. The highest BCUT2D eigenvalue weighted by molar-refractivity contribution is 6.20. The summed E-state index contributed by atoms with van der Waals surface area (Å²) in [6, 6.07) is 1.92. The maximum absolute atomic E-state index is 13.7. The first kappa shape index (κ1) is 13.7. The molecule has 0 aliphatic carbocycles. The molecule has 0 aliphatic heterocycles. The molecule has 1 heterocycles. The minimum atomic E-state index is -0.758. The van der Waals surface area contributed by atoms with E-state index >= 15 is 0 Å². The molecular weight excluding hydrogens is 276 g/mol. The number of rotatable bonds is 4. The lowest BCUT2D eigenvalue weighted by Gasteiger charge is -2.09. The summed E-state index contributed by atoms with van der Waals surface area (Å²) in [6.07, 6.45) is 0.0419. The van der Waals surface area contributed by atoms with Crippen LogP contribution in [0.5, 0.6) is 0 Å². The summed E-state index contributed by atoms with van der Waals surface area (Å²) < 4.78 is 28.5. The van der Waals surface area contributed by atoms with Gasteiger partial charge in [-0.3, -0.25) is 4.79 Å². The van der Waals surface area contributed by atoms with Crippen molar-refractivity contribution in [2.45, 2.75) is 25.3 Å². The number of aromatic nitrogens is 2. The van der Waals surface area contributed by atoms with Crippen molar-refractivity contribution < 1.29 is 13.6 Å². The number of halogens is 3. The summed E-state index contributed by atoms with van der Waals surface area (Å²) in [4.78, 5) is 14.9. The zero-order valence-electron chi connectivity index (χ0n) is 10.2. The molecule has 0 saturated heterocycles. The molecule has 102 valence electrons. The van der Waals surface area contributed by atoms with E-state index in [1.54, 1.807) is 6.92 Å². The van der Waals surface area contributed by atoms with E-state index in [1.807, 2.05) is 0 Å². The first-order valence-corrected chi connectivity index (χ1v) is 6.11. The van der Waals surface area contributed by atoms with Gasteiger partial charge in [-0.15, -0.1) is 11.6 Å². The van der Waals surface area contributed by atoms with E-state index in [0.717, 1.165) is 12.1 Å². The molecule has 19 heavy (non-hydrogen) atoms. The van der Waals surface area contributed by atoms with Crippen LogP contribution in [0.2, 0.25) is 0 Å². The van der Waals surface area contributed by atoms with Crippen molar-refractivity contribution in [3.05, 3.63) is 29.6 Å². The number of alkyl halides is 1. The molecule has 7 heteroatoms. The van der Waals surface area contributed by atoms with Gasteiger partial charge in [0, 0.05) is 19.0 Å². The van der Waals surface area contributed by atoms with Crippen LogP contribution in [0.25, 0.3) is 11.0 Å². The number of imidazole rings is 1. The van der Waals surface area contributed by atoms with Crippen molar-refractivity contribution >= 4 is 28.5 Å². The maximum atomic E-state index is 13.7. The second kappa shape index (κ2) is 5.13. The van der Waals surface area contributed by atoms with Gasteiger partial charge in [0.1, 0.15) is 17.2 Å². The maximum Gasteiger partial charge on any atom is 0.219 e. The second-order valence-electron chi connectivity index (χ2n) is 4.21. The number of amides is 1. The van der Waals surface area contributed by atoms with Gasteiger partial charge < -0.3 is 10.3 Å². The molecule has 0 aliphatic rings. The van der Waals surface area contributed by atoms with Crippen LogP contribution in [0.3, 0.4) is 0 Å². The largest absolute Gasteiger partial charge is 0.370 e. The first-order valence-electron chi connectivity index (χ1n) is 5.67. The monoisotopic (exact) mass is 287 g/mol. The lowest BCUT2D eigenvalue weighted by Crippen LogP contribution is -2.15. The Hall–Kier alpha value is -1.69. The van der Waals surface area contributed by atoms with Gasteiger partial charge in [-0.05, 0) is 13.0 Å². The molecule has 1 atom stereocenters. The van der Waals surface area contributed by atoms with E-state index in [0.29, 0.717) is 5.82 Å². The summed E-state index contributed by atoms with van der Waals surface area (Å²) in [5, 5.41) is -0.497. The molecule has 2 rings (SSSR count). The van der Waals surface area contributed by atoms with E-state index in [9.17, 15) is 13.6 Å². The van der Waals surface area contributed by atoms with Crippen LogP contribution in [-0.4, -0.2) is 15.5 Å². The normalized spacial score (nSPS) is 12.8. The molecule has 4 nitrogen and oxygen atoms in total. The highest BCUT2D eigenvalue weighted by Crippen LogP contribution is 2.27. The average Bonchev–Trinajstić information content (AvgIpc) is 2.65. The number of carbonyl (C=O) groups excluding carboxylic acids is 1. The molecule has 2 N–H and O–H groups in total. The minimum absolute atomic E-state index is 0.0355. The first-order chi connectivity index (χ1) is 8.90. The lowest BCUT2D eigenvalue weighted by atomic mass is 10.3. The third-order valence-electron chi connectivity index (χ3n) is 2.74. The Morgan fingerprint density at radius 1 is 1.53 bits per heavy atom. The number of primary amides is 1. The van der Waals surface area contributed by atoms with Gasteiger partial charge in [-0.2, -0.15) is 0 Å². The summed E-state index contributed by atoms with van der Waals surface area (Å²) >= 11 is 5.97. The quantitative estimate of drug-likeness (QED) is 0.878. The second-order valence-corrected chi connectivity index (χ2v) is 4.86. The summed E-state index contributed by atoms with van der Waals surface area (Å²) in [7, 11) is 0. The Balaban J connectivity index is 2.62. The highest BCUT2D eigenvalue weighted by atomic mass is 35.5. The Morgan fingerprint density at radius 3 is 2.79 bits per heavy atom. The van der Waals surface area contributed by atoms with Crippen molar-refractivity contribution in [1.29, 1.82) is 0 Å². The Morgan fingerprint density at radius 2 is 2.21 bits per heavy atom. The van der Waals surface area contributed by atoms with Crippen molar-refractivity contribution in [2.75, 3.05) is 0 Å². The van der Waals surface area contributed by atoms with Gasteiger partial charge in [0.15, 0.2) is 5.82 Å². The number of nitrogens with two attached hydrogens (primary N) is 1. The van der Waals surface area contributed by atoms with Crippen molar-refractivity contribution in [1.82, 2.24) is 9.55 Å². The predicted octanol–water partition coefficient (Wildman–Crippen LogP) is 2.49. The van der Waals surface area contributed by atoms with Gasteiger partial charge >= 0.3 is 0 Å². The van der Waals surface area contributed by atoms with Gasteiger partial charge in [-0.25, -0.2) is 13.8 Å². The zero-order valence-corrected chi connectivity index (χ0v) is 10.9. The van der Waals surface area contributed by atoms with E-state index in [4.69, 9.17) is 17.3 Å². The molecule has 1 aromatic carbocycles. The Bertz CT molecular complexity index is 639. The molecule has 0 radical (unpaired) electrons. The van der Waals surface area contributed by atoms with Crippen LogP contribution >= 0.6 is 11.6 Å². The molecule has 0 fully saturated rings. The van der Waals surface area contributed by atoms with Crippen molar-refractivity contribution in [3.63, 3.8) is 0 Å². The summed E-state index contributed by atoms with van der Waals surface area (Å²) in [5.74, 6) is -1.60. The standard InChI is InChI=1S/C12H12ClF2N3O/c1-6(13)12-17-11-8(15)4-7(14)5-9(11)18(12)3-2-10(16)19/h4-6H,2-3H2,1H3,(H2,16,19). The number of hydrogen-bond acceptors (Lipinski definition) is 2. The Kier molecular flexibility index (Phi) is 3.71. The third-order valence-corrected chi connectivity index (χ3v) is 2.93. The number of carbonyl (C=O) groups is 1. The molecule has 1 amide bonds. The molecule has 0 saturated carbocycles. The highest BCUT2D eigenvalue weighted by Gasteiger charge is 2.18. The topological polar surface area (TPSA) is 60.9 Å². The summed E-state index contributed by atoms with van der Waals surface area (Å²) in [6.45, 7) is 1.85. The molecule has 1 aromatic heterocycles. The van der Waals surface area contributed by atoms with Crippen LogP contribution in [0.4, 0.5) is 8.78 Å². The number of fused-ring (bicyclic) bond motifs is 1. The van der Waals surface area contributed by atoms with E-state index in [1.165, 1.54) is 4.57 Å². The van der Waals surface area contributed by atoms with E-state index in [2.05, 4.69) is 4.98 Å². The van der Waals surface area contributed by atoms with Crippen molar-refractivity contribution in [2.24, 2.45) is 5.73 Å². The van der Waals surface area contributed by atoms with Gasteiger partial charge in [-0.1, -0.05) is 0 Å². The number of hydrogen-bond donors (Lipinski definition) is 1. The number of aryl methyl sites for hydroxylation is 1.